The maximum absolute atomic E-state index is 14.3. The molecule has 5 aromatic carbocycles. The number of carbonyl (C=O) groups excluding carboxylic acids is 2. The van der Waals surface area contributed by atoms with Gasteiger partial charge < -0.3 is 25.4 Å². The zero-order chi connectivity index (χ0) is 38.5. The lowest BCUT2D eigenvalue weighted by atomic mass is 9.68. The van der Waals surface area contributed by atoms with Crippen LogP contribution in [0.1, 0.15) is 41.5 Å². The van der Waals surface area contributed by atoms with Crippen molar-refractivity contribution < 1.29 is 29.6 Å². The molecular weight excluding hydrogens is 689 g/mol. The molecule has 4 atom stereocenters. The summed E-state index contributed by atoms with van der Waals surface area (Å²) in [5.41, 5.74) is 7.95. The van der Waals surface area contributed by atoms with Gasteiger partial charge in [-0.25, -0.2) is 0 Å². The van der Waals surface area contributed by atoms with Crippen LogP contribution in [0.4, 0.5) is 17.1 Å². The lowest BCUT2D eigenvalue weighted by Crippen LogP contribution is -2.40. The number of imide groups is 1. The monoisotopic (exact) mass is 734 g/mol. The van der Waals surface area contributed by atoms with Crippen molar-refractivity contribution in [2.45, 2.75) is 39.2 Å². The van der Waals surface area contributed by atoms with Crippen LogP contribution in [0, 0.1) is 31.6 Å². The smallest absolute Gasteiger partial charge is 0.238 e. The molecule has 8 heteroatoms. The Labute approximate surface area is 322 Å². The van der Waals surface area contributed by atoms with Gasteiger partial charge in [0.15, 0.2) is 0 Å². The number of anilines is 3. The van der Waals surface area contributed by atoms with Crippen LogP contribution in [0.15, 0.2) is 139 Å². The SMILES string of the molecule is Cc1cc(/C=C(/CC[C@@H](O)C2=C(COc3ccccc3)C[C@H]3C(=O)N(c4ccc(Nc5ccccc5)cc4)C(=O)[C@H]3[C@H]2CO)c2ccccc2)cc(C)c1O. The summed E-state index contributed by atoms with van der Waals surface area (Å²) in [4.78, 5) is 29.7. The van der Waals surface area contributed by atoms with Gasteiger partial charge in [-0.3, -0.25) is 14.5 Å². The zero-order valence-corrected chi connectivity index (χ0v) is 31.1. The van der Waals surface area contributed by atoms with Crippen LogP contribution < -0.4 is 15.0 Å². The molecule has 1 heterocycles. The number of carbonyl (C=O) groups is 2. The van der Waals surface area contributed by atoms with Gasteiger partial charge in [-0.15, -0.1) is 0 Å². The van der Waals surface area contributed by atoms with Crippen LogP contribution in [-0.4, -0.2) is 46.5 Å². The first-order valence-corrected chi connectivity index (χ1v) is 18.8. The number of nitrogens with one attached hydrogen (secondary N) is 1. The number of phenols is 1. The molecule has 0 spiro atoms. The Morgan fingerprint density at radius 2 is 1.44 bits per heavy atom. The van der Waals surface area contributed by atoms with Crippen LogP contribution in [-0.2, 0) is 9.59 Å². The standard InChI is InChI=1S/C47H46N2O6/c1-30-24-32(25-31(2)45(30)52)26-34(33-12-6-3-7-13-33)18-23-42(51)43-35(29-55-39-16-10-5-11-17-39)27-40-44(41(43)28-50)47(54)49(46(40)53)38-21-19-37(20-22-38)48-36-14-8-4-9-15-36/h3-17,19-22,24-26,40-42,44,48,50-52H,18,23,27-29H2,1-2H3/b34-26-/t40-,41+,42-,44-/m1/s1. The van der Waals surface area contributed by atoms with Gasteiger partial charge >= 0.3 is 0 Å². The fourth-order valence-corrected chi connectivity index (χ4v) is 8.09. The normalized spacial score (nSPS) is 19.0. The summed E-state index contributed by atoms with van der Waals surface area (Å²) in [6.07, 6.45) is 2.06. The molecule has 7 rings (SSSR count). The summed E-state index contributed by atoms with van der Waals surface area (Å²) in [7, 11) is 0. The average molecular weight is 735 g/mol. The third-order valence-corrected chi connectivity index (χ3v) is 10.8. The second-order valence-electron chi connectivity index (χ2n) is 14.4. The fraction of sp³-hybridized carbons (Fsp3) is 0.234. The van der Waals surface area contributed by atoms with Crippen LogP contribution in [0.5, 0.6) is 11.5 Å². The van der Waals surface area contributed by atoms with E-state index in [4.69, 9.17) is 4.74 Å². The third kappa shape index (κ3) is 8.11. The highest BCUT2D eigenvalue weighted by Gasteiger charge is 2.55. The highest BCUT2D eigenvalue weighted by molar-refractivity contribution is 6.22. The molecule has 2 aliphatic rings. The Hall–Kier alpha value is -5.96. The van der Waals surface area contributed by atoms with E-state index in [2.05, 4.69) is 11.4 Å². The van der Waals surface area contributed by atoms with Gasteiger partial charge in [0.2, 0.25) is 11.8 Å². The van der Waals surface area contributed by atoms with Crippen LogP contribution in [0.2, 0.25) is 0 Å². The Morgan fingerprint density at radius 1 is 0.836 bits per heavy atom. The molecule has 4 N–H and O–H groups in total. The average Bonchev–Trinajstić information content (AvgIpc) is 3.46. The zero-order valence-electron chi connectivity index (χ0n) is 31.1. The number of phenolic OH excluding ortho intramolecular Hbond substituents is 1. The van der Waals surface area contributed by atoms with E-state index in [1.165, 1.54) is 4.90 Å². The number of nitrogens with zero attached hydrogens (tertiary/aromatic N) is 1. The summed E-state index contributed by atoms with van der Waals surface area (Å²) in [5.74, 6) is -2.12. The molecule has 1 aliphatic heterocycles. The maximum atomic E-state index is 14.3. The number of hydrogen-bond acceptors (Lipinski definition) is 7. The van der Waals surface area contributed by atoms with Crippen molar-refractivity contribution in [2.75, 3.05) is 23.4 Å². The number of amides is 2. The Balaban J connectivity index is 1.18. The first-order chi connectivity index (χ1) is 26.7. The van der Waals surface area contributed by atoms with Crippen molar-refractivity contribution in [1.82, 2.24) is 0 Å². The van der Waals surface area contributed by atoms with Crippen molar-refractivity contribution in [1.29, 1.82) is 0 Å². The van der Waals surface area contributed by atoms with Gasteiger partial charge in [-0.05, 0) is 133 Å². The second-order valence-corrected chi connectivity index (χ2v) is 14.4. The van der Waals surface area contributed by atoms with Gasteiger partial charge in [-0.1, -0.05) is 72.8 Å². The summed E-state index contributed by atoms with van der Waals surface area (Å²) in [6.45, 7) is 3.43. The molecule has 0 unspecified atom stereocenters. The first kappa shape index (κ1) is 37.4. The number of aliphatic hydroxyl groups excluding tert-OH is 2. The van der Waals surface area contributed by atoms with E-state index in [-0.39, 0.29) is 30.6 Å². The molecule has 0 bridgehead atoms. The number of aryl methyl sites for hydroxylation is 2. The minimum absolute atomic E-state index is 0.102. The lowest BCUT2D eigenvalue weighted by molar-refractivity contribution is -0.123. The highest BCUT2D eigenvalue weighted by atomic mass is 16.5. The van der Waals surface area contributed by atoms with Gasteiger partial charge in [0.25, 0.3) is 0 Å². The van der Waals surface area contributed by atoms with E-state index < -0.39 is 30.5 Å². The Morgan fingerprint density at radius 3 is 2.07 bits per heavy atom. The second kappa shape index (κ2) is 16.6. The molecule has 0 radical (unpaired) electrons. The summed E-state index contributed by atoms with van der Waals surface area (Å²) in [6, 6.07) is 40.1. The molecule has 2 amide bonds. The van der Waals surface area contributed by atoms with E-state index in [0.717, 1.165) is 44.8 Å². The predicted molar refractivity (Wildman–Crippen MR) is 217 cm³/mol. The largest absolute Gasteiger partial charge is 0.507 e. The van der Waals surface area contributed by atoms with Gasteiger partial charge in [-0.2, -0.15) is 0 Å². The molecule has 1 aliphatic carbocycles. The van der Waals surface area contributed by atoms with Crippen molar-refractivity contribution in [2.24, 2.45) is 17.8 Å². The highest BCUT2D eigenvalue weighted by Crippen LogP contribution is 2.47. The number of para-hydroxylation sites is 2. The number of benzene rings is 5. The third-order valence-electron chi connectivity index (χ3n) is 10.8. The number of aromatic hydroxyl groups is 1. The van der Waals surface area contributed by atoms with Crippen LogP contribution >= 0.6 is 0 Å². The summed E-state index contributed by atoms with van der Waals surface area (Å²) in [5, 5.41) is 36.9. The van der Waals surface area contributed by atoms with Crippen molar-refractivity contribution in [3.05, 3.63) is 161 Å². The Kier molecular flexibility index (Phi) is 11.3. The molecule has 0 aromatic heterocycles. The topological polar surface area (TPSA) is 119 Å². The van der Waals surface area contributed by atoms with Crippen molar-refractivity contribution >= 4 is 40.5 Å². The van der Waals surface area contributed by atoms with Gasteiger partial charge in [0.1, 0.15) is 18.1 Å². The Bertz CT molecular complexity index is 2180. The minimum Gasteiger partial charge on any atom is -0.507 e. The lowest BCUT2D eigenvalue weighted by Gasteiger charge is -2.36. The van der Waals surface area contributed by atoms with E-state index in [1.54, 1.807) is 12.1 Å². The minimum atomic E-state index is -1.02. The maximum Gasteiger partial charge on any atom is 0.238 e. The molecule has 0 saturated carbocycles. The van der Waals surface area contributed by atoms with Gasteiger partial charge in [0.05, 0.1) is 30.2 Å². The van der Waals surface area contributed by atoms with E-state index in [1.807, 2.05) is 129 Å². The number of allylic oxidation sites excluding steroid dienone is 1. The van der Waals surface area contributed by atoms with E-state index in [0.29, 0.717) is 29.9 Å². The molecule has 55 heavy (non-hydrogen) atoms. The summed E-state index contributed by atoms with van der Waals surface area (Å²) < 4.78 is 6.21. The van der Waals surface area contributed by atoms with Crippen molar-refractivity contribution in [3.63, 3.8) is 0 Å². The molecule has 8 nitrogen and oxygen atoms in total. The number of rotatable bonds is 13. The number of aliphatic hydroxyl groups is 2. The molecule has 280 valence electrons. The molecule has 1 saturated heterocycles. The summed E-state index contributed by atoms with van der Waals surface area (Å²) >= 11 is 0. The quantitative estimate of drug-likeness (QED) is 0.0544. The molecule has 5 aromatic rings. The van der Waals surface area contributed by atoms with Gasteiger partial charge in [0, 0.05) is 17.3 Å². The first-order valence-electron chi connectivity index (χ1n) is 18.8. The van der Waals surface area contributed by atoms with Crippen LogP contribution in [0.3, 0.4) is 0 Å². The molecule has 1 fully saturated rings. The number of ether oxygens (including phenoxy) is 1. The molecular formula is C47H46N2O6. The predicted octanol–water partition coefficient (Wildman–Crippen LogP) is 8.63. The van der Waals surface area contributed by atoms with E-state index in [9.17, 15) is 24.9 Å². The van der Waals surface area contributed by atoms with E-state index >= 15 is 0 Å². The number of fused-ring (bicyclic) bond motifs is 1. The fourth-order valence-electron chi connectivity index (χ4n) is 8.09. The van der Waals surface area contributed by atoms with Crippen molar-refractivity contribution in [3.8, 4) is 11.5 Å². The van der Waals surface area contributed by atoms with Crippen LogP contribution in [0.25, 0.3) is 11.6 Å². The number of hydrogen-bond donors (Lipinski definition) is 4.